The minimum atomic E-state index is 0. The first-order valence-electron chi connectivity index (χ1n) is 4.60. The number of aromatic nitrogens is 1. The zero-order valence-corrected chi connectivity index (χ0v) is 12.3. The van der Waals surface area contributed by atoms with Gasteiger partial charge < -0.3 is 11.1 Å². The Kier molecular flexibility index (Phi) is 6.82. The smallest absolute Gasteiger partial charge is 0.188 e. The lowest BCUT2D eigenvalue weighted by molar-refractivity contribution is 0.919. The van der Waals surface area contributed by atoms with Gasteiger partial charge in [-0.2, -0.15) is 0 Å². The Morgan fingerprint density at radius 1 is 1.53 bits per heavy atom. The molecule has 4 nitrogen and oxygen atoms in total. The van der Waals surface area contributed by atoms with Gasteiger partial charge in [0.05, 0.1) is 12.2 Å². The van der Waals surface area contributed by atoms with Crippen LogP contribution in [0.25, 0.3) is 0 Å². The standard InChI is InChI=1S/C9H16N4S.HI/c1-4-11-9(10)12-5-8-13-6(2)7(3)14-8;/h4-5H2,1-3H3,(H3,10,11,12);1H. The largest absolute Gasteiger partial charge is 0.370 e. The normalized spacial score (nSPS) is 11.0. The molecule has 1 heterocycles. The van der Waals surface area contributed by atoms with Crippen LogP contribution in [0.3, 0.4) is 0 Å². The molecule has 0 aliphatic rings. The predicted octanol–water partition coefficient (Wildman–Crippen LogP) is 1.80. The summed E-state index contributed by atoms with van der Waals surface area (Å²) < 4.78 is 0. The first kappa shape index (κ1) is 14.6. The number of guanidine groups is 1. The highest BCUT2D eigenvalue weighted by Gasteiger charge is 2.02. The van der Waals surface area contributed by atoms with Crippen molar-refractivity contribution in [1.82, 2.24) is 10.3 Å². The second-order valence-electron chi connectivity index (χ2n) is 2.98. The molecule has 0 aromatic carbocycles. The Bertz CT molecular complexity index is 315. The van der Waals surface area contributed by atoms with Gasteiger partial charge in [-0.3, -0.25) is 0 Å². The summed E-state index contributed by atoms with van der Waals surface area (Å²) in [6.45, 7) is 7.42. The summed E-state index contributed by atoms with van der Waals surface area (Å²) in [6, 6.07) is 0. The number of hydrogen-bond acceptors (Lipinski definition) is 3. The van der Waals surface area contributed by atoms with Crippen molar-refractivity contribution in [1.29, 1.82) is 0 Å². The van der Waals surface area contributed by atoms with Crippen molar-refractivity contribution >= 4 is 41.3 Å². The Morgan fingerprint density at radius 2 is 2.20 bits per heavy atom. The number of aliphatic imine (C=N–C) groups is 1. The molecule has 0 unspecified atom stereocenters. The molecule has 15 heavy (non-hydrogen) atoms. The van der Waals surface area contributed by atoms with Crippen molar-refractivity contribution < 1.29 is 0 Å². The van der Waals surface area contributed by atoms with Crippen molar-refractivity contribution in [2.24, 2.45) is 10.7 Å². The third-order valence-corrected chi connectivity index (χ3v) is 2.87. The molecule has 0 aliphatic heterocycles. The van der Waals surface area contributed by atoms with Gasteiger partial charge in [-0.05, 0) is 20.8 Å². The van der Waals surface area contributed by atoms with E-state index < -0.39 is 0 Å². The Labute approximate surface area is 111 Å². The van der Waals surface area contributed by atoms with Crippen LogP contribution in [0.2, 0.25) is 0 Å². The molecule has 1 aromatic rings. The van der Waals surface area contributed by atoms with E-state index in [0.717, 1.165) is 17.2 Å². The molecule has 0 aliphatic carbocycles. The molecule has 0 spiro atoms. The SMILES string of the molecule is CCNC(N)=NCc1nc(C)c(C)s1.I. The molecule has 0 fully saturated rings. The molecule has 0 atom stereocenters. The van der Waals surface area contributed by atoms with Gasteiger partial charge in [-0.15, -0.1) is 35.3 Å². The van der Waals surface area contributed by atoms with Gasteiger partial charge in [0.1, 0.15) is 5.01 Å². The molecule has 1 rings (SSSR count). The fourth-order valence-electron chi connectivity index (χ4n) is 0.997. The van der Waals surface area contributed by atoms with Crippen molar-refractivity contribution in [3.8, 4) is 0 Å². The summed E-state index contributed by atoms with van der Waals surface area (Å²) in [5, 5.41) is 3.96. The maximum Gasteiger partial charge on any atom is 0.188 e. The average molecular weight is 340 g/mol. The van der Waals surface area contributed by atoms with E-state index in [0.29, 0.717) is 12.5 Å². The number of hydrogen-bond donors (Lipinski definition) is 2. The van der Waals surface area contributed by atoms with E-state index in [9.17, 15) is 0 Å². The third-order valence-electron chi connectivity index (χ3n) is 1.82. The number of nitrogens with zero attached hydrogens (tertiary/aromatic N) is 2. The summed E-state index contributed by atoms with van der Waals surface area (Å²) in [5.74, 6) is 0.484. The molecule has 0 saturated heterocycles. The highest BCUT2D eigenvalue weighted by Crippen LogP contribution is 2.16. The maximum absolute atomic E-state index is 5.59. The first-order valence-corrected chi connectivity index (χ1v) is 5.41. The van der Waals surface area contributed by atoms with Crippen LogP contribution in [-0.2, 0) is 6.54 Å². The van der Waals surface area contributed by atoms with E-state index >= 15 is 0 Å². The minimum absolute atomic E-state index is 0. The zero-order chi connectivity index (χ0) is 10.6. The Hall–Kier alpha value is -0.370. The molecule has 0 bridgehead atoms. The number of thiazole rings is 1. The Balaban J connectivity index is 0.00000196. The van der Waals surface area contributed by atoms with Gasteiger partial charge in [0.25, 0.3) is 0 Å². The van der Waals surface area contributed by atoms with Gasteiger partial charge >= 0.3 is 0 Å². The van der Waals surface area contributed by atoms with E-state index in [1.165, 1.54) is 4.88 Å². The van der Waals surface area contributed by atoms with Crippen LogP contribution >= 0.6 is 35.3 Å². The van der Waals surface area contributed by atoms with Crippen molar-refractivity contribution in [3.63, 3.8) is 0 Å². The van der Waals surface area contributed by atoms with E-state index in [1.807, 2.05) is 13.8 Å². The van der Waals surface area contributed by atoms with Crippen LogP contribution in [0.15, 0.2) is 4.99 Å². The van der Waals surface area contributed by atoms with Gasteiger partial charge in [0.15, 0.2) is 5.96 Å². The summed E-state index contributed by atoms with van der Waals surface area (Å²) in [5.41, 5.74) is 6.68. The van der Waals surface area contributed by atoms with E-state index in [2.05, 4.69) is 22.2 Å². The van der Waals surface area contributed by atoms with Crippen molar-refractivity contribution in [3.05, 3.63) is 15.6 Å². The summed E-state index contributed by atoms with van der Waals surface area (Å²) in [6.07, 6.45) is 0. The fourth-order valence-corrected chi connectivity index (χ4v) is 1.86. The molecule has 3 N–H and O–H groups in total. The quantitative estimate of drug-likeness (QED) is 0.501. The highest BCUT2D eigenvalue weighted by atomic mass is 127. The van der Waals surface area contributed by atoms with Gasteiger partial charge in [0, 0.05) is 11.4 Å². The lowest BCUT2D eigenvalue weighted by Gasteiger charge is -1.99. The lowest BCUT2D eigenvalue weighted by atomic mass is 10.4. The van der Waals surface area contributed by atoms with Crippen molar-refractivity contribution in [2.45, 2.75) is 27.3 Å². The first-order chi connectivity index (χ1) is 6.63. The average Bonchev–Trinajstić information content (AvgIpc) is 2.44. The minimum Gasteiger partial charge on any atom is -0.370 e. The number of rotatable bonds is 3. The molecule has 6 heteroatoms. The van der Waals surface area contributed by atoms with E-state index in [4.69, 9.17) is 5.73 Å². The second kappa shape index (κ2) is 7.00. The van der Waals surface area contributed by atoms with Crippen LogP contribution in [0.5, 0.6) is 0 Å². The monoisotopic (exact) mass is 340 g/mol. The topological polar surface area (TPSA) is 63.3 Å². The summed E-state index contributed by atoms with van der Waals surface area (Å²) in [7, 11) is 0. The number of nitrogens with one attached hydrogen (secondary N) is 1. The van der Waals surface area contributed by atoms with E-state index in [1.54, 1.807) is 11.3 Å². The third kappa shape index (κ3) is 4.78. The zero-order valence-electron chi connectivity index (χ0n) is 9.20. The molecular weight excluding hydrogens is 323 g/mol. The molecule has 86 valence electrons. The van der Waals surface area contributed by atoms with Crippen molar-refractivity contribution in [2.75, 3.05) is 6.54 Å². The molecule has 0 amide bonds. The number of nitrogens with two attached hydrogens (primary N) is 1. The maximum atomic E-state index is 5.59. The Morgan fingerprint density at radius 3 is 2.67 bits per heavy atom. The number of halogens is 1. The lowest BCUT2D eigenvalue weighted by Crippen LogP contribution is -2.31. The molecular formula is C9H17IN4S. The van der Waals surface area contributed by atoms with Crippen LogP contribution in [0.1, 0.15) is 22.5 Å². The molecule has 0 saturated carbocycles. The fraction of sp³-hybridized carbons (Fsp3) is 0.556. The van der Waals surface area contributed by atoms with Gasteiger partial charge in [-0.25, -0.2) is 9.98 Å². The molecule has 1 aromatic heterocycles. The van der Waals surface area contributed by atoms with Gasteiger partial charge in [-0.1, -0.05) is 0 Å². The van der Waals surface area contributed by atoms with Crippen LogP contribution in [-0.4, -0.2) is 17.5 Å². The van der Waals surface area contributed by atoms with Crippen LogP contribution < -0.4 is 11.1 Å². The summed E-state index contributed by atoms with van der Waals surface area (Å²) >= 11 is 1.67. The number of aryl methyl sites for hydroxylation is 2. The van der Waals surface area contributed by atoms with Gasteiger partial charge in [0.2, 0.25) is 0 Å². The summed E-state index contributed by atoms with van der Waals surface area (Å²) in [4.78, 5) is 9.79. The second-order valence-corrected chi connectivity index (χ2v) is 4.27. The van der Waals surface area contributed by atoms with Crippen LogP contribution in [0, 0.1) is 13.8 Å². The van der Waals surface area contributed by atoms with E-state index in [-0.39, 0.29) is 24.0 Å². The highest BCUT2D eigenvalue weighted by molar-refractivity contribution is 14.0. The van der Waals surface area contributed by atoms with Crippen LogP contribution in [0.4, 0.5) is 0 Å². The molecule has 0 radical (unpaired) electrons. The predicted molar refractivity (Wildman–Crippen MR) is 76.0 cm³/mol.